The third-order valence-electron chi connectivity index (χ3n) is 10.7. The van der Waals surface area contributed by atoms with Crippen molar-refractivity contribution in [2.45, 2.75) is 71.2 Å². The van der Waals surface area contributed by atoms with Gasteiger partial charge in [0.05, 0.1) is 0 Å². The van der Waals surface area contributed by atoms with Crippen molar-refractivity contribution in [3.8, 4) is 11.1 Å². The Morgan fingerprint density at radius 1 is 0.774 bits per heavy atom. The van der Waals surface area contributed by atoms with E-state index in [9.17, 15) is 0 Å². The summed E-state index contributed by atoms with van der Waals surface area (Å²) in [6.07, 6.45) is 17.0. The zero-order valence-electron chi connectivity index (χ0n) is 31.8. The Labute approximate surface area is 314 Å². The Kier molecular flexibility index (Phi) is 10.6. The summed E-state index contributed by atoms with van der Waals surface area (Å²) in [5.41, 5.74) is 10.7. The number of nitrogens with zero attached hydrogens (tertiary/aromatic N) is 3. The molecule has 0 radical (unpaired) electrons. The molecular formula is C48H51N5. The molecule has 9 rings (SSSR count). The molecule has 1 aliphatic heterocycles. The molecule has 2 aliphatic carbocycles. The van der Waals surface area contributed by atoms with Gasteiger partial charge in [-0.1, -0.05) is 143 Å². The molecule has 3 unspecified atom stereocenters. The number of hydrogen-bond acceptors (Lipinski definition) is 4. The number of rotatable bonds is 6. The second kappa shape index (κ2) is 15.6. The fourth-order valence-electron chi connectivity index (χ4n) is 8.11. The number of fused-ring (bicyclic) bond motifs is 7. The van der Waals surface area contributed by atoms with Crippen molar-refractivity contribution in [3.63, 3.8) is 0 Å². The quantitative estimate of drug-likeness (QED) is 0.170. The van der Waals surface area contributed by atoms with Crippen LogP contribution in [0.15, 0.2) is 162 Å². The van der Waals surface area contributed by atoms with Gasteiger partial charge in [0, 0.05) is 45.9 Å². The molecule has 2 heterocycles. The van der Waals surface area contributed by atoms with Gasteiger partial charge in [0.15, 0.2) is 0 Å². The predicted molar refractivity (Wildman–Crippen MR) is 225 cm³/mol. The molecular weight excluding hydrogens is 647 g/mol. The van der Waals surface area contributed by atoms with Crippen molar-refractivity contribution in [2.75, 3.05) is 7.05 Å². The third-order valence-corrected chi connectivity index (χ3v) is 10.7. The minimum Gasteiger partial charge on any atom is -0.394 e. The van der Waals surface area contributed by atoms with Crippen LogP contribution in [0.5, 0.6) is 0 Å². The lowest BCUT2D eigenvalue weighted by molar-refractivity contribution is 0.567. The fourth-order valence-corrected chi connectivity index (χ4v) is 8.11. The van der Waals surface area contributed by atoms with Gasteiger partial charge in [-0.3, -0.25) is 5.32 Å². The van der Waals surface area contributed by atoms with Crippen LogP contribution in [0.2, 0.25) is 0 Å². The van der Waals surface area contributed by atoms with E-state index in [2.05, 4.69) is 180 Å². The summed E-state index contributed by atoms with van der Waals surface area (Å²) in [6.45, 7) is 11.0. The fraction of sp³-hybridized carbons (Fsp3) is 0.250. The van der Waals surface area contributed by atoms with Gasteiger partial charge in [-0.15, -0.1) is 0 Å². The van der Waals surface area contributed by atoms with Crippen molar-refractivity contribution >= 4 is 32.6 Å². The molecule has 3 aliphatic rings. The predicted octanol–water partition coefficient (Wildman–Crippen LogP) is 12.5. The molecule has 53 heavy (non-hydrogen) atoms. The van der Waals surface area contributed by atoms with Crippen LogP contribution in [0.3, 0.4) is 0 Å². The number of azo groups is 1. The highest BCUT2D eigenvalue weighted by molar-refractivity contribution is 6.10. The van der Waals surface area contributed by atoms with Crippen molar-refractivity contribution in [1.82, 2.24) is 15.2 Å². The Hall–Kier alpha value is -5.52. The third kappa shape index (κ3) is 6.78. The van der Waals surface area contributed by atoms with Gasteiger partial charge in [-0.2, -0.15) is 10.2 Å². The van der Waals surface area contributed by atoms with Crippen LogP contribution in [0.4, 0.5) is 0 Å². The highest BCUT2D eigenvalue weighted by Crippen LogP contribution is 2.51. The van der Waals surface area contributed by atoms with Crippen LogP contribution >= 0.6 is 0 Å². The van der Waals surface area contributed by atoms with Crippen molar-refractivity contribution < 1.29 is 0 Å². The maximum absolute atomic E-state index is 4.46. The minimum atomic E-state index is -0.0482. The Morgan fingerprint density at radius 2 is 1.51 bits per heavy atom. The van der Waals surface area contributed by atoms with E-state index >= 15 is 0 Å². The van der Waals surface area contributed by atoms with E-state index < -0.39 is 0 Å². The zero-order chi connectivity index (χ0) is 37.0. The van der Waals surface area contributed by atoms with Crippen LogP contribution in [0.1, 0.15) is 76.4 Å². The molecule has 3 atom stereocenters. The number of nitrogens with one attached hydrogen (secondary N) is 2. The summed E-state index contributed by atoms with van der Waals surface area (Å²) in [5.74, 6) is 0. The molecule has 5 aromatic carbocycles. The molecule has 1 aromatic heterocycles. The van der Waals surface area contributed by atoms with Crippen LogP contribution < -0.4 is 10.6 Å². The number of allylic oxidation sites excluding steroid dienone is 6. The first-order valence-corrected chi connectivity index (χ1v) is 19.1. The molecule has 6 aromatic rings. The topological polar surface area (TPSA) is 53.7 Å². The van der Waals surface area contributed by atoms with Gasteiger partial charge in [0.1, 0.15) is 12.3 Å². The highest BCUT2D eigenvalue weighted by atomic mass is 15.4. The number of benzene rings is 5. The molecule has 5 nitrogen and oxygen atoms in total. The Bertz CT molecular complexity index is 2400. The van der Waals surface area contributed by atoms with E-state index in [1.807, 2.05) is 33.2 Å². The lowest BCUT2D eigenvalue weighted by Gasteiger charge is -2.22. The highest BCUT2D eigenvalue weighted by Gasteiger charge is 2.36. The van der Waals surface area contributed by atoms with E-state index in [1.165, 1.54) is 66.0 Å². The lowest BCUT2D eigenvalue weighted by Crippen LogP contribution is -2.27. The summed E-state index contributed by atoms with van der Waals surface area (Å²) in [7, 11) is 1.92. The largest absolute Gasteiger partial charge is 0.394 e. The van der Waals surface area contributed by atoms with Gasteiger partial charge >= 0.3 is 0 Å². The molecule has 0 spiro atoms. The molecule has 0 amide bonds. The van der Waals surface area contributed by atoms with Crippen molar-refractivity contribution in [2.24, 2.45) is 10.2 Å². The molecule has 5 heteroatoms. The van der Waals surface area contributed by atoms with E-state index in [0.717, 1.165) is 12.8 Å². The molecule has 0 saturated heterocycles. The summed E-state index contributed by atoms with van der Waals surface area (Å²) < 4.78 is 2.48. The Morgan fingerprint density at radius 3 is 2.32 bits per heavy atom. The van der Waals surface area contributed by atoms with Gasteiger partial charge in [0.2, 0.25) is 0 Å². The molecule has 2 N–H and O–H groups in total. The van der Waals surface area contributed by atoms with E-state index in [1.54, 1.807) is 0 Å². The lowest BCUT2D eigenvalue weighted by atomic mass is 9.82. The maximum atomic E-state index is 4.46. The molecule has 0 fully saturated rings. The van der Waals surface area contributed by atoms with Gasteiger partial charge < -0.3 is 9.88 Å². The SMILES string of the molecule is C1=CCCC(C2N=NC(c3cccc4ccccc34)N2)=C1.CC.CN/C=C\C=C/C(C)n1c2ccccc2c2cc3c(cc21)C(C)(C)c1ccccc1-3. The van der Waals surface area contributed by atoms with Crippen LogP contribution in [0.25, 0.3) is 43.7 Å². The van der Waals surface area contributed by atoms with E-state index in [0.29, 0.717) is 0 Å². The van der Waals surface area contributed by atoms with E-state index in [4.69, 9.17) is 0 Å². The molecule has 268 valence electrons. The first-order chi connectivity index (χ1) is 26.0. The van der Waals surface area contributed by atoms with Crippen LogP contribution in [-0.4, -0.2) is 17.8 Å². The molecule has 0 bridgehead atoms. The standard InChI is InChI=1S/C28H28N2.C18H17N3.C2H6/c1-19(11-9-10-16-29-4)30-26-15-8-6-13-21(26)23-17-22-20-12-5-7-14-24(20)28(2,3)25(22)18-27(23)30;1-2-8-14(9-3-1)17-19-18(21-20-17)16-12-6-10-13-7-4-5-11-15(13)16;1-2/h5-19,29H,1-4H3;1-2,4-8,10-12,17-19H,3,9H2;1-2H3/b11-9-,16-10-;;. The monoisotopic (exact) mass is 697 g/mol. The first kappa shape index (κ1) is 35.9. The van der Waals surface area contributed by atoms with Gasteiger partial charge in [0.25, 0.3) is 0 Å². The van der Waals surface area contributed by atoms with Crippen molar-refractivity contribution in [1.29, 1.82) is 0 Å². The average Bonchev–Trinajstić information content (AvgIpc) is 3.89. The molecule has 0 saturated carbocycles. The minimum absolute atomic E-state index is 0.00993. The van der Waals surface area contributed by atoms with Crippen LogP contribution in [0, 0.1) is 0 Å². The normalized spacial score (nSPS) is 18.8. The maximum Gasteiger partial charge on any atom is 0.149 e. The summed E-state index contributed by atoms with van der Waals surface area (Å²) in [6, 6.07) is 37.6. The van der Waals surface area contributed by atoms with E-state index in [-0.39, 0.29) is 23.8 Å². The summed E-state index contributed by atoms with van der Waals surface area (Å²) in [4.78, 5) is 0. The number of hydrogen-bond donors (Lipinski definition) is 2. The number of aromatic nitrogens is 1. The summed E-state index contributed by atoms with van der Waals surface area (Å²) >= 11 is 0. The Balaban J connectivity index is 0.000000166. The average molecular weight is 698 g/mol. The van der Waals surface area contributed by atoms with Crippen LogP contribution in [-0.2, 0) is 5.41 Å². The zero-order valence-corrected chi connectivity index (χ0v) is 31.8. The van der Waals surface area contributed by atoms with Gasteiger partial charge in [-0.05, 0) is 88.8 Å². The number of para-hydroxylation sites is 1. The second-order valence-corrected chi connectivity index (χ2v) is 14.2. The first-order valence-electron chi connectivity index (χ1n) is 19.1. The second-order valence-electron chi connectivity index (χ2n) is 14.2. The summed E-state index contributed by atoms with van der Waals surface area (Å²) in [5, 5.41) is 20.6. The van der Waals surface area contributed by atoms with Gasteiger partial charge in [-0.25, -0.2) is 0 Å². The smallest absolute Gasteiger partial charge is 0.149 e. The van der Waals surface area contributed by atoms with Crippen molar-refractivity contribution in [3.05, 3.63) is 168 Å².